The Balaban J connectivity index is 3.44. The van der Waals surface area contributed by atoms with Gasteiger partial charge in [-0.2, -0.15) is 0 Å². The molecule has 1 rings (SSSR count). The predicted octanol–water partition coefficient (Wildman–Crippen LogP) is 1.75. The Hall–Kier alpha value is -1.40. The second kappa shape index (κ2) is 5.29. The second-order valence-corrected chi connectivity index (χ2v) is 3.64. The van der Waals surface area contributed by atoms with Gasteiger partial charge in [0.2, 0.25) is 0 Å². The zero-order valence-corrected chi connectivity index (χ0v) is 9.59. The Bertz CT molecular complexity index is 454. The first kappa shape index (κ1) is 13.7. The molecule has 94 valence electrons. The molecule has 17 heavy (non-hydrogen) atoms. The van der Waals surface area contributed by atoms with E-state index in [1.54, 1.807) is 0 Å². The van der Waals surface area contributed by atoms with Gasteiger partial charge in [-0.3, -0.25) is 4.79 Å². The van der Waals surface area contributed by atoms with Crippen LogP contribution in [0, 0.1) is 11.6 Å². The van der Waals surface area contributed by atoms with Gasteiger partial charge in [-0.05, 0) is 6.07 Å². The Morgan fingerprint density at radius 1 is 1.59 bits per heavy atom. The van der Waals surface area contributed by atoms with Crippen molar-refractivity contribution in [1.29, 1.82) is 0 Å². The zero-order chi connectivity index (χ0) is 13.2. The molecular weight excluding hydrogens is 256 g/mol. The summed E-state index contributed by atoms with van der Waals surface area (Å²) in [6.45, 7) is -0.336. The highest BCUT2D eigenvalue weighted by Crippen LogP contribution is 2.33. The summed E-state index contributed by atoms with van der Waals surface area (Å²) in [5.74, 6) is -5.52. The number of hydrogen-bond acceptors (Lipinski definition) is 3. The summed E-state index contributed by atoms with van der Waals surface area (Å²) in [4.78, 5) is 10.9. The lowest BCUT2D eigenvalue weighted by molar-refractivity contribution is -0.138. The van der Waals surface area contributed by atoms with E-state index < -0.39 is 34.3 Å². The Labute approximate surface area is 101 Å². The van der Waals surface area contributed by atoms with Crippen molar-refractivity contribution in [2.24, 2.45) is 5.73 Å². The molecule has 1 aromatic rings. The molecule has 0 aliphatic carbocycles. The zero-order valence-electron chi connectivity index (χ0n) is 8.84. The first-order chi connectivity index (χ1) is 7.93. The highest BCUT2D eigenvalue weighted by atomic mass is 35.5. The van der Waals surface area contributed by atoms with Crippen molar-refractivity contribution >= 4 is 17.6 Å². The molecule has 0 saturated carbocycles. The molecule has 0 spiro atoms. The van der Waals surface area contributed by atoms with Crippen LogP contribution in [0.1, 0.15) is 11.5 Å². The number of carbonyl (C=O) groups is 1. The van der Waals surface area contributed by atoms with Gasteiger partial charge in [0.05, 0.1) is 18.1 Å². The Kier molecular flexibility index (Phi) is 4.25. The minimum atomic E-state index is -1.32. The third-order valence-electron chi connectivity index (χ3n) is 2.26. The number of hydrogen-bond donors (Lipinski definition) is 2. The van der Waals surface area contributed by atoms with Gasteiger partial charge in [0, 0.05) is 12.1 Å². The summed E-state index contributed by atoms with van der Waals surface area (Å²) in [6.07, 6.45) is 0. The first-order valence-corrected chi connectivity index (χ1v) is 4.96. The number of carboxylic acid groups (broad SMARTS) is 1. The van der Waals surface area contributed by atoms with Gasteiger partial charge in [-0.15, -0.1) is 0 Å². The van der Waals surface area contributed by atoms with Crippen LogP contribution in [0.2, 0.25) is 5.02 Å². The first-order valence-electron chi connectivity index (χ1n) is 4.58. The van der Waals surface area contributed by atoms with Crippen LogP contribution in [-0.4, -0.2) is 24.7 Å². The van der Waals surface area contributed by atoms with Crippen LogP contribution < -0.4 is 10.5 Å². The van der Waals surface area contributed by atoms with Gasteiger partial charge >= 0.3 is 5.97 Å². The number of rotatable bonds is 4. The molecule has 1 aromatic carbocycles. The topological polar surface area (TPSA) is 72.5 Å². The van der Waals surface area contributed by atoms with Gasteiger partial charge < -0.3 is 15.6 Å². The van der Waals surface area contributed by atoms with Crippen molar-refractivity contribution in [3.8, 4) is 5.75 Å². The molecule has 1 atom stereocenters. The van der Waals surface area contributed by atoms with Gasteiger partial charge in [0.1, 0.15) is 0 Å². The predicted molar refractivity (Wildman–Crippen MR) is 57.4 cm³/mol. The third kappa shape index (κ3) is 2.48. The molecule has 7 heteroatoms. The van der Waals surface area contributed by atoms with E-state index in [-0.39, 0.29) is 12.1 Å². The van der Waals surface area contributed by atoms with Gasteiger partial charge in [0.25, 0.3) is 0 Å². The lowest BCUT2D eigenvalue weighted by Gasteiger charge is -2.14. The highest BCUT2D eigenvalue weighted by molar-refractivity contribution is 6.31. The largest absolute Gasteiger partial charge is 0.491 e. The van der Waals surface area contributed by atoms with Crippen molar-refractivity contribution < 1.29 is 23.4 Å². The smallest absolute Gasteiger partial charge is 0.312 e. The number of ether oxygens (including phenoxy) is 1. The molecule has 0 saturated heterocycles. The fourth-order valence-corrected chi connectivity index (χ4v) is 1.60. The van der Waals surface area contributed by atoms with E-state index in [0.717, 1.165) is 13.2 Å². The maximum Gasteiger partial charge on any atom is 0.312 e. The summed E-state index contributed by atoms with van der Waals surface area (Å²) in [7, 11) is 1.06. The maximum atomic E-state index is 13.8. The molecule has 0 heterocycles. The van der Waals surface area contributed by atoms with Crippen molar-refractivity contribution in [1.82, 2.24) is 0 Å². The lowest BCUT2D eigenvalue weighted by Crippen LogP contribution is -2.22. The number of nitrogens with two attached hydrogens (primary N) is 1. The molecule has 4 nitrogen and oxygen atoms in total. The molecule has 0 aromatic heterocycles. The summed E-state index contributed by atoms with van der Waals surface area (Å²) >= 11 is 5.52. The average Bonchev–Trinajstić information content (AvgIpc) is 2.26. The fourth-order valence-electron chi connectivity index (χ4n) is 1.39. The van der Waals surface area contributed by atoms with Crippen LogP contribution in [0.3, 0.4) is 0 Å². The van der Waals surface area contributed by atoms with Crippen LogP contribution in [0.5, 0.6) is 5.75 Å². The van der Waals surface area contributed by atoms with E-state index in [0.29, 0.717) is 0 Å². The van der Waals surface area contributed by atoms with E-state index in [1.807, 2.05) is 0 Å². The number of benzene rings is 1. The monoisotopic (exact) mass is 265 g/mol. The maximum absolute atomic E-state index is 13.8. The van der Waals surface area contributed by atoms with Crippen LogP contribution >= 0.6 is 11.6 Å². The van der Waals surface area contributed by atoms with Crippen LogP contribution in [0.4, 0.5) is 8.78 Å². The summed E-state index contributed by atoms with van der Waals surface area (Å²) in [5.41, 5.74) is 4.93. The molecule has 1 unspecified atom stereocenters. The number of carboxylic acids is 1. The van der Waals surface area contributed by atoms with Crippen molar-refractivity contribution in [2.45, 2.75) is 5.92 Å². The fraction of sp³-hybridized carbons (Fsp3) is 0.300. The molecule has 3 N–H and O–H groups in total. The minimum absolute atomic E-state index is 0.303. The normalized spacial score (nSPS) is 12.3. The van der Waals surface area contributed by atoms with E-state index in [2.05, 4.69) is 4.74 Å². The average molecular weight is 266 g/mol. The van der Waals surface area contributed by atoms with Crippen LogP contribution in [0.25, 0.3) is 0 Å². The molecule has 0 amide bonds. The van der Waals surface area contributed by atoms with E-state index in [1.165, 1.54) is 0 Å². The van der Waals surface area contributed by atoms with Crippen molar-refractivity contribution in [2.75, 3.05) is 13.7 Å². The Morgan fingerprint density at radius 3 is 2.59 bits per heavy atom. The molecule has 0 aliphatic heterocycles. The van der Waals surface area contributed by atoms with E-state index in [4.69, 9.17) is 22.4 Å². The minimum Gasteiger partial charge on any atom is -0.491 e. The lowest BCUT2D eigenvalue weighted by atomic mass is 9.98. The van der Waals surface area contributed by atoms with E-state index >= 15 is 0 Å². The molecular formula is C10H10ClF2NO3. The Morgan fingerprint density at radius 2 is 2.18 bits per heavy atom. The van der Waals surface area contributed by atoms with Crippen LogP contribution in [-0.2, 0) is 4.79 Å². The number of methoxy groups -OCH3 is 1. The SMILES string of the molecule is COc1c(F)c(Cl)cc(C(CN)C(=O)O)c1F. The van der Waals surface area contributed by atoms with Crippen molar-refractivity contribution in [3.05, 3.63) is 28.3 Å². The summed E-state index contributed by atoms with van der Waals surface area (Å²) < 4.78 is 31.6. The second-order valence-electron chi connectivity index (χ2n) is 3.24. The van der Waals surface area contributed by atoms with Gasteiger partial charge in [-0.1, -0.05) is 11.6 Å². The number of halogens is 3. The van der Waals surface area contributed by atoms with Crippen molar-refractivity contribution in [3.63, 3.8) is 0 Å². The highest BCUT2D eigenvalue weighted by Gasteiger charge is 2.27. The van der Waals surface area contributed by atoms with Gasteiger partial charge in [-0.25, -0.2) is 8.78 Å². The van der Waals surface area contributed by atoms with E-state index in [9.17, 15) is 13.6 Å². The standard InChI is InChI=1S/C10H10ClF2NO3/c1-17-9-7(12)4(2-6(11)8(9)13)5(3-14)10(15)16/h2,5H,3,14H2,1H3,(H,15,16). The molecule has 0 bridgehead atoms. The molecule has 0 aliphatic rings. The molecule has 0 radical (unpaired) electrons. The summed E-state index contributed by atoms with van der Waals surface area (Å²) in [5, 5.41) is 8.43. The van der Waals surface area contributed by atoms with Gasteiger partial charge in [0.15, 0.2) is 17.4 Å². The molecule has 0 fully saturated rings. The summed E-state index contributed by atoms with van der Waals surface area (Å²) in [6, 6.07) is 0.903. The third-order valence-corrected chi connectivity index (χ3v) is 2.53. The quantitative estimate of drug-likeness (QED) is 0.814. The number of aliphatic carboxylic acids is 1. The van der Waals surface area contributed by atoms with Crippen LogP contribution in [0.15, 0.2) is 6.07 Å².